The third kappa shape index (κ3) is 3.93. The number of para-hydroxylation sites is 1. The third-order valence-electron chi connectivity index (χ3n) is 4.96. The van der Waals surface area contributed by atoms with Crippen LogP contribution in [0.4, 0.5) is 13.2 Å². The predicted octanol–water partition coefficient (Wildman–Crippen LogP) is 4.42. The fourth-order valence-electron chi connectivity index (χ4n) is 3.42. The number of benzene rings is 2. The van der Waals surface area contributed by atoms with E-state index in [0.717, 1.165) is 10.7 Å². The van der Waals surface area contributed by atoms with Gasteiger partial charge in [-0.15, -0.1) is 0 Å². The van der Waals surface area contributed by atoms with Gasteiger partial charge in [0.15, 0.2) is 5.69 Å². The fourth-order valence-corrected chi connectivity index (χ4v) is 3.64. The number of alkyl halides is 3. The molecule has 1 aliphatic rings. The van der Waals surface area contributed by atoms with E-state index in [1.54, 1.807) is 53.4 Å². The van der Waals surface area contributed by atoms with Gasteiger partial charge >= 0.3 is 6.18 Å². The number of β-amino-alcohol motifs (C(OH)–C–C–N with tert-alkyl or cyclic N) is 1. The Bertz CT molecular complexity index is 1080. The number of halogens is 4. The first kappa shape index (κ1) is 20.4. The number of likely N-dealkylation sites (tertiary alicyclic amines) is 1. The summed E-state index contributed by atoms with van der Waals surface area (Å²) in [6, 6.07) is 13.7. The van der Waals surface area contributed by atoms with Crippen LogP contribution < -0.4 is 0 Å². The first-order valence-corrected chi connectivity index (χ1v) is 9.62. The molecule has 5 nitrogen and oxygen atoms in total. The molecule has 9 heteroatoms. The first-order chi connectivity index (χ1) is 14.2. The van der Waals surface area contributed by atoms with Crippen molar-refractivity contribution < 1.29 is 23.1 Å². The van der Waals surface area contributed by atoms with Gasteiger partial charge in [0.2, 0.25) is 0 Å². The van der Waals surface area contributed by atoms with Crippen LogP contribution in [0.2, 0.25) is 5.02 Å². The Labute approximate surface area is 175 Å². The Kier molecular flexibility index (Phi) is 5.29. The first-order valence-electron chi connectivity index (χ1n) is 9.24. The lowest BCUT2D eigenvalue weighted by Gasteiger charge is -2.16. The number of amides is 1. The molecule has 1 atom stereocenters. The number of hydrogen-bond donors (Lipinski definition) is 1. The second-order valence-corrected chi connectivity index (χ2v) is 7.45. The summed E-state index contributed by atoms with van der Waals surface area (Å²) in [6.07, 6.45) is -4.62. The molecule has 3 aromatic rings. The maximum atomic E-state index is 13.3. The van der Waals surface area contributed by atoms with Crippen molar-refractivity contribution in [2.24, 2.45) is 0 Å². The highest BCUT2D eigenvalue weighted by atomic mass is 35.5. The van der Waals surface area contributed by atoms with Crippen LogP contribution in [-0.2, 0) is 6.18 Å². The van der Waals surface area contributed by atoms with Crippen LogP contribution in [0.25, 0.3) is 16.9 Å². The molecule has 2 aromatic carbocycles. The standard InChI is InChI=1S/C21H17ClF3N3O2/c22-16-3-1-2-4-17(16)28-18(11-19(26-28)21(23,24)25)13-5-7-14(8-6-13)20(30)27-10-9-15(29)12-27/h1-8,11,15,29H,9-10,12H2. The van der Waals surface area contributed by atoms with Crippen LogP contribution in [-0.4, -0.2) is 44.9 Å². The van der Waals surface area contributed by atoms with Crippen molar-refractivity contribution >= 4 is 17.5 Å². The van der Waals surface area contributed by atoms with Gasteiger partial charge < -0.3 is 10.0 Å². The number of rotatable bonds is 3. The number of aliphatic hydroxyl groups is 1. The highest BCUT2D eigenvalue weighted by molar-refractivity contribution is 6.32. The molecule has 0 radical (unpaired) electrons. The zero-order valence-electron chi connectivity index (χ0n) is 15.6. The zero-order chi connectivity index (χ0) is 21.5. The summed E-state index contributed by atoms with van der Waals surface area (Å²) in [6.45, 7) is 0.741. The molecule has 30 heavy (non-hydrogen) atoms. The molecule has 1 amide bonds. The molecule has 1 unspecified atom stereocenters. The van der Waals surface area contributed by atoms with E-state index in [0.29, 0.717) is 29.8 Å². The smallest absolute Gasteiger partial charge is 0.391 e. The van der Waals surface area contributed by atoms with Crippen molar-refractivity contribution in [2.45, 2.75) is 18.7 Å². The van der Waals surface area contributed by atoms with Crippen LogP contribution >= 0.6 is 11.6 Å². The summed E-state index contributed by atoms with van der Waals surface area (Å²) in [4.78, 5) is 14.1. The minimum absolute atomic E-state index is 0.200. The second kappa shape index (κ2) is 7.77. The van der Waals surface area contributed by atoms with E-state index in [1.165, 1.54) is 0 Å². The summed E-state index contributed by atoms with van der Waals surface area (Å²) >= 11 is 6.18. The lowest BCUT2D eigenvalue weighted by Crippen LogP contribution is -2.29. The molecule has 0 aliphatic carbocycles. The van der Waals surface area contributed by atoms with Crippen LogP contribution in [0.15, 0.2) is 54.6 Å². The van der Waals surface area contributed by atoms with E-state index in [9.17, 15) is 23.1 Å². The lowest BCUT2D eigenvalue weighted by atomic mass is 10.1. The van der Waals surface area contributed by atoms with Crippen LogP contribution in [0, 0.1) is 0 Å². The second-order valence-electron chi connectivity index (χ2n) is 7.05. The molecular weight excluding hydrogens is 419 g/mol. The van der Waals surface area contributed by atoms with E-state index >= 15 is 0 Å². The van der Waals surface area contributed by atoms with Gasteiger partial charge in [-0.1, -0.05) is 35.9 Å². The number of carbonyl (C=O) groups excluding carboxylic acids is 1. The van der Waals surface area contributed by atoms with Crippen molar-refractivity contribution in [2.75, 3.05) is 13.1 Å². The average molecular weight is 436 g/mol. The molecule has 1 N–H and O–H groups in total. The summed E-state index contributed by atoms with van der Waals surface area (Å²) in [5.74, 6) is -0.228. The van der Waals surface area contributed by atoms with E-state index in [-0.39, 0.29) is 23.2 Å². The van der Waals surface area contributed by atoms with Gasteiger partial charge in [-0.25, -0.2) is 4.68 Å². The van der Waals surface area contributed by atoms with E-state index in [4.69, 9.17) is 11.6 Å². The van der Waals surface area contributed by atoms with Gasteiger partial charge in [0.05, 0.1) is 22.5 Å². The van der Waals surface area contributed by atoms with Gasteiger partial charge in [0.25, 0.3) is 5.91 Å². The Hall–Kier alpha value is -2.84. The number of hydrogen-bond acceptors (Lipinski definition) is 3. The van der Waals surface area contributed by atoms with Crippen molar-refractivity contribution in [3.05, 3.63) is 70.9 Å². The Morgan fingerprint density at radius 3 is 2.43 bits per heavy atom. The van der Waals surface area contributed by atoms with Crippen molar-refractivity contribution in [3.63, 3.8) is 0 Å². The molecule has 1 fully saturated rings. The molecular formula is C21H17ClF3N3O2. The topological polar surface area (TPSA) is 58.4 Å². The van der Waals surface area contributed by atoms with Crippen LogP contribution in [0.5, 0.6) is 0 Å². The number of carbonyl (C=O) groups is 1. The van der Waals surface area contributed by atoms with Gasteiger partial charge in [0, 0.05) is 24.2 Å². The fraction of sp³-hybridized carbons (Fsp3) is 0.238. The van der Waals surface area contributed by atoms with E-state index in [1.807, 2.05) is 0 Å². The zero-order valence-corrected chi connectivity index (χ0v) is 16.4. The molecule has 1 aromatic heterocycles. The van der Waals surface area contributed by atoms with Gasteiger partial charge in [-0.3, -0.25) is 4.79 Å². The minimum Gasteiger partial charge on any atom is -0.391 e. The number of nitrogens with zero attached hydrogens (tertiary/aromatic N) is 3. The molecule has 2 heterocycles. The van der Waals surface area contributed by atoms with E-state index < -0.39 is 18.0 Å². The van der Waals surface area contributed by atoms with E-state index in [2.05, 4.69) is 5.10 Å². The quantitative estimate of drug-likeness (QED) is 0.662. The largest absolute Gasteiger partial charge is 0.435 e. The predicted molar refractivity (Wildman–Crippen MR) is 106 cm³/mol. The molecule has 1 saturated heterocycles. The van der Waals surface area contributed by atoms with Gasteiger partial charge in [-0.05, 0) is 36.8 Å². The summed E-state index contributed by atoms with van der Waals surface area (Å²) in [5, 5.41) is 13.6. The van der Waals surface area contributed by atoms with Gasteiger partial charge in [0.1, 0.15) is 0 Å². The summed E-state index contributed by atoms with van der Waals surface area (Å²) < 4.78 is 41.1. The van der Waals surface area contributed by atoms with Crippen LogP contribution in [0.3, 0.4) is 0 Å². The molecule has 0 spiro atoms. The van der Waals surface area contributed by atoms with Crippen molar-refractivity contribution in [1.29, 1.82) is 0 Å². The third-order valence-corrected chi connectivity index (χ3v) is 5.28. The highest BCUT2D eigenvalue weighted by Gasteiger charge is 2.35. The van der Waals surface area contributed by atoms with Gasteiger partial charge in [-0.2, -0.15) is 18.3 Å². The average Bonchev–Trinajstić information content (AvgIpc) is 3.34. The SMILES string of the molecule is O=C(c1ccc(-c2cc(C(F)(F)F)nn2-c2ccccc2Cl)cc1)N1CCC(O)C1. The number of aromatic nitrogens is 2. The molecule has 1 aliphatic heterocycles. The molecule has 0 saturated carbocycles. The molecule has 4 rings (SSSR count). The van der Waals surface area contributed by atoms with Crippen molar-refractivity contribution in [3.8, 4) is 16.9 Å². The molecule has 156 valence electrons. The monoisotopic (exact) mass is 435 g/mol. The lowest BCUT2D eigenvalue weighted by molar-refractivity contribution is -0.141. The van der Waals surface area contributed by atoms with Crippen molar-refractivity contribution in [1.82, 2.24) is 14.7 Å². The summed E-state index contributed by atoms with van der Waals surface area (Å²) in [5.41, 5.74) is 0.328. The molecule has 0 bridgehead atoms. The summed E-state index contributed by atoms with van der Waals surface area (Å²) in [7, 11) is 0. The number of aliphatic hydroxyl groups excluding tert-OH is 1. The Morgan fingerprint density at radius 1 is 1.13 bits per heavy atom. The Balaban J connectivity index is 1.72. The highest BCUT2D eigenvalue weighted by Crippen LogP contribution is 2.34. The minimum atomic E-state index is -4.62. The maximum Gasteiger partial charge on any atom is 0.435 e. The maximum absolute atomic E-state index is 13.3. The normalized spacial score (nSPS) is 16.8. The Morgan fingerprint density at radius 2 is 1.83 bits per heavy atom. The van der Waals surface area contributed by atoms with Crippen LogP contribution in [0.1, 0.15) is 22.5 Å².